The van der Waals surface area contributed by atoms with Gasteiger partial charge in [0.1, 0.15) is 16.5 Å². The van der Waals surface area contributed by atoms with Crippen molar-refractivity contribution in [2.45, 2.75) is 57.4 Å². The number of hydrogen-bond acceptors (Lipinski definition) is 5. The number of nitrogens with one attached hydrogen (secondary N) is 2. The molecule has 170 valence electrons. The van der Waals surface area contributed by atoms with Crippen molar-refractivity contribution in [1.29, 1.82) is 0 Å². The number of carbonyl (C=O) groups is 1. The average molecular weight is 449 g/mol. The molecule has 0 unspecified atom stereocenters. The number of nitrogens with zero attached hydrogens (tertiary/aromatic N) is 2. The maximum Gasteiger partial charge on any atom is 0.249 e. The van der Waals surface area contributed by atoms with Crippen molar-refractivity contribution in [2.75, 3.05) is 19.5 Å². The molecule has 2 N–H and O–H groups in total. The Morgan fingerprint density at radius 2 is 1.77 bits per heavy atom. The number of benzene rings is 1. The van der Waals surface area contributed by atoms with Crippen LogP contribution in [0.3, 0.4) is 0 Å². The topological polar surface area (TPSA) is 102 Å². The van der Waals surface area contributed by atoms with E-state index in [1.807, 2.05) is 26.8 Å². The molecule has 9 heteroatoms. The van der Waals surface area contributed by atoms with Crippen LogP contribution in [0.25, 0.3) is 6.08 Å². The van der Waals surface area contributed by atoms with Gasteiger partial charge in [0.05, 0.1) is 18.3 Å². The van der Waals surface area contributed by atoms with Gasteiger partial charge < -0.3 is 10.1 Å². The molecule has 0 saturated heterocycles. The van der Waals surface area contributed by atoms with Crippen LogP contribution in [0.15, 0.2) is 35.2 Å². The monoisotopic (exact) mass is 448 g/mol. The van der Waals surface area contributed by atoms with Gasteiger partial charge in [-0.25, -0.2) is 17.8 Å². The third kappa shape index (κ3) is 5.95. The van der Waals surface area contributed by atoms with Gasteiger partial charge in [-0.15, -0.1) is 0 Å². The average Bonchev–Trinajstić information content (AvgIpc) is 3.10. The number of sulfonamides is 1. The van der Waals surface area contributed by atoms with Crippen molar-refractivity contribution in [1.82, 2.24) is 14.5 Å². The summed E-state index contributed by atoms with van der Waals surface area (Å²) in [6, 6.07) is 6.55. The summed E-state index contributed by atoms with van der Waals surface area (Å²) in [5.41, 5.74) is 0.940. The molecule has 0 aliphatic carbocycles. The van der Waals surface area contributed by atoms with Gasteiger partial charge in [-0.2, -0.15) is 5.10 Å². The van der Waals surface area contributed by atoms with Crippen LogP contribution in [-0.4, -0.2) is 38.3 Å². The van der Waals surface area contributed by atoms with E-state index in [-0.39, 0.29) is 27.5 Å². The van der Waals surface area contributed by atoms with Crippen LogP contribution >= 0.6 is 0 Å². The molecule has 1 aromatic carbocycles. The van der Waals surface area contributed by atoms with Crippen LogP contribution < -0.4 is 14.8 Å². The summed E-state index contributed by atoms with van der Waals surface area (Å²) < 4.78 is 33.6. The van der Waals surface area contributed by atoms with E-state index in [4.69, 9.17) is 4.74 Å². The Balaban J connectivity index is 2.31. The Morgan fingerprint density at radius 3 is 2.29 bits per heavy atom. The van der Waals surface area contributed by atoms with E-state index in [2.05, 4.69) is 35.9 Å². The van der Waals surface area contributed by atoms with Gasteiger partial charge in [0.25, 0.3) is 0 Å². The van der Waals surface area contributed by atoms with E-state index in [1.54, 1.807) is 22.9 Å². The van der Waals surface area contributed by atoms with Crippen molar-refractivity contribution >= 4 is 27.8 Å². The quantitative estimate of drug-likeness (QED) is 0.659. The second kappa shape index (κ2) is 8.84. The maximum atomic E-state index is 12.6. The molecule has 0 atom stereocenters. The minimum absolute atomic E-state index is 0.000635. The number of anilines is 1. The summed E-state index contributed by atoms with van der Waals surface area (Å²) in [6.07, 6.45) is 2.90. The molecule has 0 radical (unpaired) electrons. The van der Waals surface area contributed by atoms with Gasteiger partial charge >= 0.3 is 0 Å². The van der Waals surface area contributed by atoms with Gasteiger partial charge in [-0.3, -0.25) is 4.79 Å². The molecule has 0 aliphatic heterocycles. The first-order valence-electron chi connectivity index (χ1n) is 9.90. The minimum atomic E-state index is -3.70. The van der Waals surface area contributed by atoms with Crippen molar-refractivity contribution in [3.05, 3.63) is 41.6 Å². The van der Waals surface area contributed by atoms with E-state index in [0.717, 1.165) is 5.69 Å². The van der Waals surface area contributed by atoms with Crippen molar-refractivity contribution < 1.29 is 17.9 Å². The van der Waals surface area contributed by atoms with E-state index in [1.165, 1.54) is 26.3 Å². The molecule has 31 heavy (non-hydrogen) atoms. The Hall–Kier alpha value is -2.65. The maximum absolute atomic E-state index is 12.6. The molecule has 0 aliphatic rings. The van der Waals surface area contributed by atoms with Gasteiger partial charge in [0.2, 0.25) is 15.9 Å². The number of methoxy groups -OCH3 is 1. The van der Waals surface area contributed by atoms with E-state index in [9.17, 15) is 13.2 Å². The van der Waals surface area contributed by atoms with Gasteiger partial charge in [-0.05, 0) is 51.6 Å². The van der Waals surface area contributed by atoms with Crippen molar-refractivity contribution in [2.24, 2.45) is 0 Å². The first-order chi connectivity index (χ1) is 14.2. The molecule has 1 heterocycles. The lowest BCUT2D eigenvalue weighted by molar-refractivity contribution is -0.111. The molecule has 0 spiro atoms. The van der Waals surface area contributed by atoms with Crippen molar-refractivity contribution in [3.63, 3.8) is 0 Å². The lowest BCUT2D eigenvalue weighted by Gasteiger charge is -2.22. The van der Waals surface area contributed by atoms with Crippen molar-refractivity contribution in [3.8, 4) is 5.75 Å². The molecule has 0 fully saturated rings. The van der Waals surface area contributed by atoms with E-state index >= 15 is 0 Å². The second-order valence-electron chi connectivity index (χ2n) is 9.19. The van der Waals surface area contributed by atoms with Crippen LogP contribution in [0.2, 0.25) is 0 Å². The summed E-state index contributed by atoms with van der Waals surface area (Å²) in [4.78, 5) is 12.6. The third-order valence-corrected chi connectivity index (χ3v) is 5.97. The predicted octanol–water partition coefficient (Wildman–Crippen LogP) is 3.50. The fraction of sp³-hybridized carbons (Fsp3) is 0.455. The molecule has 1 amide bonds. The van der Waals surface area contributed by atoms with E-state index < -0.39 is 10.0 Å². The van der Waals surface area contributed by atoms with Crippen LogP contribution in [0.1, 0.15) is 52.8 Å². The molecular weight excluding hydrogens is 416 g/mol. The molecule has 2 rings (SSSR count). The fourth-order valence-electron chi connectivity index (χ4n) is 2.80. The molecule has 8 nitrogen and oxygen atoms in total. The Labute approximate surface area is 184 Å². The van der Waals surface area contributed by atoms with Crippen LogP contribution in [0.4, 0.5) is 5.82 Å². The number of ether oxygens (including phenoxy) is 1. The van der Waals surface area contributed by atoms with Gasteiger partial charge in [-0.1, -0.05) is 26.8 Å². The standard InChI is InChI=1S/C22H32N4O4S/c1-21(2,3)18-14-19(26(25-18)22(4,5)6)24-20(27)12-10-15-9-11-16(30-8)17(13-15)31(28,29)23-7/h9-14,23H,1-8H3,(H,24,27)/b12-10+. The molecule has 0 bridgehead atoms. The minimum Gasteiger partial charge on any atom is -0.495 e. The number of hydrogen-bond donors (Lipinski definition) is 2. The Bertz CT molecular complexity index is 1090. The molecule has 0 saturated carbocycles. The highest BCUT2D eigenvalue weighted by Crippen LogP contribution is 2.28. The van der Waals surface area contributed by atoms with Gasteiger partial charge in [0, 0.05) is 17.6 Å². The largest absolute Gasteiger partial charge is 0.495 e. The summed E-state index contributed by atoms with van der Waals surface area (Å²) >= 11 is 0. The second-order valence-corrected chi connectivity index (χ2v) is 11.0. The summed E-state index contributed by atoms with van der Waals surface area (Å²) in [6.45, 7) is 12.2. The summed E-state index contributed by atoms with van der Waals surface area (Å²) in [5.74, 6) is 0.472. The fourth-order valence-corrected chi connectivity index (χ4v) is 3.73. The zero-order valence-corrected chi connectivity index (χ0v) is 20.2. The third-order valence-electron chi connectivity index (χ3n) is 4.54. The molecule has 1 aromatic heterocycles. The highest BCUT2D eigenvalue weighted by atomic mass is 32.2. The summed E-state index contributed by atoms with van der Waals surface area (Å²) in [5, 5.41) is 7.56. The zero-order valence-electron chi connectivity index (χ0n) is 19.4. The zero-order chi connectivity index (χ0) is 23.6. The smallest absolute Gasteiger partial charge is 0.249 e. The number of rotatable bonds is 6. The molecule has 2 aromatic rings. The number of aromatic nitrogens is 2. The van der Waals surface area contributed by atoms with Crippen LogP contribution in [0.5, 0.6) is 5.75 Å². The van der Waals surface area contributed by atoms with E-state index in [0.29, 0.717) is 11.4 Å². The normalized spacial score (nSPS) is 12.9. The first kappa shape index (κ1) is 24.6. The SMILES string of the molecule is CNS(=O)(=O)c1cc(/C=C/C(=O)Nc2cc(C(C)(C)C)nn2C(C)(C)C)ccc1OC. The predicted molar refractivity (Wildman–Crippen MR) is 123 cm³/mol. The van der Waals surface area contributed by atoms with Crippen LogP contribution in [-0.2, 0) is 25.8 Å². The Kier molecular flexibility index (Phi) is 7.02. The molecular formula is C22H32N4O4S. The van der Waals surface area contributed by atoms with Crippen LogP contribution in [0, 0.1) is 0 Å². The highest BCUT2D eigenvalue weighted by molar-refractivity contribution is 7.89. The Morgan fingerprint density at radius 1 is 1.13 bits per heavy atom. The number of amides is 1. The lowest BCUT2D eigenvalue weighted by atomic mass is 9.92. The highest BCUT2D eigenvalue weighted by Gasteiger charge is 2.25. The number of carbonyl (C=O) groups excluding carboxylic acids is 1. The first-order valence-corrected chi connectivity index (χ1v) is 11.4. The summed E-state index contributed by atoms with van der Waals surface area (Å²) in [7, 11) is -0.977. The van der Waals surface area contributed by atoms with Gasteiger partial charge in [0.15, 0.2) is 0 Å². The lowest BCUT2D eigenvalue weighted by Crippen LogP contribution is -2.27.